The highest BCUT2D eigenvalue weighted by Gasteiger charge is 2.58. The molecule has 0 aromatic rings. The Morgan fingerprint density at radius 1 is 1.56 bits per heavy atom. The van der Waals surface area contributed by atoms with E-state index in [-0.39, 0.29) is 11.8 Å². The second-order valence-electron chi connectivity index (χ2n) is 5.58. The van der Waals surface area contributed by atoms with Crippen molar-refractivity contribution < 1.29 is 19.4 Å². The second kappa shape index (κ2) is 3.20. The average Bonchev–Trinajstić information content (AvgIpc) is 2.53. The van der Waals surface area contributed by atoms with Crippen LogP contribution in [0.4, 0.5) is 4.79 Å². The van der Waals surface area contributed by atoms with E-state index < -0.39 is 17.4 Å². The van der Waals surface area contributed by atoms with Gasteiger partial charge in [0.2, 0.25) is 5.91 Å². The molecule has 2 amide bonds. The molecule has 2 aliphatic rings. The summed E-state index contributed by atoms with van der Waals surface area (Å²) in [7, 11) is 0. The Bertz CT molecular complexity index is 346. The van der Waals surface area contributed by atoms with Crippen molar-refractivity contribution in [2.24, 2.45) is 5.92 Å². The van der Waals surface area contributed by atoms with E-state index in [2.05, 4.69) is 0 Å². The van der Waals surface area contributed by atoms with Gasteiger partial charge in [0.25, 0.3) is 0 Å². The van der Waals surface area contributed by atoms with E-state index in [1.54, 1.807) is 20.8 Å². The molecule has 1 aliphatic heterocycles. The fourth-order valence-electron chi connectivity index (χ4n) is 2.37. The number of carbonyl (C=O) groups is 2. The standard InChI is InChI=1S/C11H17NO4/c1-10(2,3)16-9(14)12-8(13)7-4-5-11(12,15)6-7/h7,15H,4-6H2,1-3H3. The topological polar surface area (TPSA) is 66.8 Å². The summed E-state index contributed by atoms with van der Waals surface area (Å²) >= 11 is 0. The van der Waals surface area contributed by atoms with Crippen LogP contribution in [0.15, 0.2) is 0 Å². The molecule has 1 saturated heterocycles. The largest absolute Gasteiger partial charge is 0.443 e. The maximum Gasteiger partial charge on any atom is 0.419 e. The zero-order chi connectivity index (χ0) is 12.1. The summed E-state index contributed by atoms with van der Waals surface area (Å²) in [5.74, 6) is -0.513. The Kier molecular flexibility index (Phi) is 2.28. The van der Waals surface area contributed by atoms with Crippen LogP contribution in [-0.4, -0.2) is 33.3 Å². The highest BCUT2D eigenvalue weighted by Crippen LogP contribution is 2.45. The number of nitrogens with zero attached hydrogens (tertiary/aromatic N) is 1. The van der Waals surface area contributed by atoms with E-state index in [0.717, 1.165) is 4.90 Å². The molecule has 0 aromatic heterocycles. The van der Waals surface area contributed by atoms with Crippen molar-refractivity contribution in [2.45, 2.75) is 51.4 Å². The van der Waals surface area contributed by atoms with Crippen LogP contribution >= 0.6 is 0 Å². The van der Waals surface area contributed by atoms with Gasteiger partial charge in [0, 0.05) is 12.3 Å². The molecule has 5 nitrogen and oxygen atoms in total. The van der Waals surface area contributed by atoms with Crippen LogP contribution in [0.2, 0.25) is 0 Å². The van der Waals surface area contributed by atoms with E-state index in [1.807, 2.05) is 0 Å². The van der Waals surface area contributed by atoms with Gasteiger partial charge in [0.1, 0.15) is 5.60 Å². The molecule has 0 spiro atoms. The minimum atomic E-state index is -1.30. The quantitative estimate of drug-likeness (QED) is 0.676. The number of hydrogen-bond donors (Lipinski definition) is 1. The molecule has 2 atom stereocenters. The monoisotopic (exact) mass is 227 g/mol. The molecule has 2 rings (SSSR count). The van der Waals surface area contributed by atoms with Gasteiger partial charge in [-0.25, -0.2) is 9.69 Å². The lowest BCUT2D eigenvalue weighted by molar-refractivity contribution is -0.148. The van der Waals surface area contributed by atoms with Gasteiger partial charge in [-0.2, -0.15) is 0 Å². The molecule has 16 heavy (non-hydrogen) atoms. The van der Waals surface area contributed by atoms with E-state index >= 15 is 0 Å². The van der Waals surface area contributed by atoms with Gasteiger partial charge in [-0.3, -0.25) is 4.79 Å². The number of aliphatic hydroxyl groups is 1. The molecule has 2 bridgehead atoms. The molecule has 1 aliphatic carbocycles. The summed E-state index contributed by atoms with van der Waals surface area (Å²) in [5, 5.41) is 10.1. The predicted molar refractivity (Wildman–Crippen MR) is 55.4 cm³/mol. The molecule has 5 heteroatoms. The maximum atomic E-state index is 11.8. The van der Waals surface area contributed by atoms with E-state index in [0.29, 0.717) is 19.3 Å². The van der Waals surface area contributed by atoms with Crippen molar-refractivity contribution in [3.63, 3.8) is 0 Å². The normalized spacial score (nSPS) is 33.4. The summed E-state index contributed by atoms with van der Waals surface area (Å²) < 4.78 is 5.12. The van der Waals surface area contributed by atoms with E-state index in [4.69, 9.17) is 4.74 Å². The Morgan fingerprint density at radius 3 is 2.62 bits per heavy atom. The van der Waals surface area contributed by atoms with Gasteiger partial charge in [0.15, 0.2) is 5.72 Å². The number of imide groups is 1. The SMILES string of the molecule is CC(C)(C)OC(=O)N1C(=O)C2CCC1(O)C2. The van der Waals surface area contributed by atoms with Crippen LogP contribution in [0.5, 0.6) is 0 Å². The second-order valence-corrected chi connectivity index (χ2v) is 5.58. The number of fused-ring (bicyclic) bond motifs is 2. The van der Waals surface area contributed by atoms with Crippen molar-refractivity contribution in [3.8, 4) is 0 Å². The molecule has 90 valence electrons. The molecule has 1 heterocycles. The number of likely N-dealkylation sites (tertiary alicyclic amines) is 1. The Morgan fingerprint density at radius 2 is 2.19 bits per heavy atom. The Labute approximate surface area is 94.4 Å². The fraction of sp³-hybridized carbons (Fsp3) is 0.818. The predicted octanol–water partition coefficient (Wildman–Crippen LogP) is 1.25. The number of carbonyl (C=O) groups excluding carboxylic acids is 2. The first kappa shape index (κ1) is 11.4. The van der Waals surface area contributed by atoms with Crippen molar-refractivity contribution in [2.75, 3.05) is 0 Å². The molecule has 1 N–H and O–H groups in total. The molecular formula is C11H17NO4. The average molecular weight is 227 g/mol. The lowest BCUT2D eigenvalue weighted by Crippen LogP contribution is -2.52. The first-order valence-electron chi connectivity index (χ1n) is 5.52. The van der Waals surface area contributed by atoms with Gasteiger partial charge >= 0.3 is 6.09 Å². The first-order chi connectivity index (χ1) is 7.23. The van der Waals surface area contributed by atoms with Crippen molar-refractivity contribution in [3.05, 3.63) is 0 Å². The number of rotatable bonds is 0. The summed E-state index contributed by atoms with van der Waals surface area (Å²) in [5.41, 5.74) is -1.96. The van der Waals surface area contributed by atoms with Gasteiger partial charge in [-0.1, -0.05) is 0 Å². The van der Waals surface area contributed by atoms with Crippen LogP contribution in [0.25, 0.3) is 0 Å². The van der Waals surface area contributed by atoms with Crippen LogP contribution in [-0.2, 0) is 9.53 Å². The zero-order valence-corrected chi connectivity index (χ0v) is 9.82. The maximum absolute atomic E-state index is 11.8. The molecule has 2 fully saturated rings. The van der Waals surface area contributed by atoms with Crippen LogP contribution < -0.4 is 0 Å². The first-order valence-corrected chi connectivity index (χ1v) is 5.52. The molecule has 0 aromatic carbocycles. The Balaban J connectivity index is 2.16. The van der Waals surface area contributed by atoms with Crippen LogP contribution in [0.1, 0.15) is 40.0 Å². The van der Waals surface area contributed by atoms with Crippen molar-refractivity contribution >= 4 is 12.0 Å². The number of ether oxygens (including phenoxy) is 1. The van der Waals surface area contributed by atoms with Gasteiger partial charge in [-0.15, -0.1) is 0 Å². The van der Waals surface area contributed by atoms with Crippen LogP contribution in [0.3, 0.4) is 0 Å². The smallest absolute Gasteiger partial charge is 0.419 e. The molecule has 2 unspecified atom stereocenters. The Hall–Kier alpha value is -1.10. The number of amides is 2. The fourth-order valence-corrected chi connectivity index (χ4v) is 2.37. The number of piperidine rings is 1. The lowest BCUT2D eigenvalue weighted by atomic mass is 10.1. The summed E-state index contributed by atoms with van der Waals surface area (Å²) in [6.07, 6.45) is 0.740. The van der Waals surface area contributed by atoms with E-state index in [1.165, 1.54) is 0 Å². The molecule has 0 radical (unpaired) electrons. The lowest BCUT2D eigenvalue weighted by Gasteiger charge is -2.33. The van der Waals surface area contributed by atoms with E-state index in [9.17, 15) is 14.7 Å². The third kappa shape index (κ3) is 1.69. The minimum Gasteiger partial charge on any atom is -0.443 e. The van der Waals surface area contributed by atoms with Crippen LogP contribution in [0, 0.1) is 5.92 Å². The van der Waals surface area contributed by atoms with Gasteiger partial charge in [-0.05, 0) is 33.6 Å². The summed E-state index contributed by atoms with van der Waals surface area (Å²) in [6, 6.07) is 0. The summed E-state index contributed by atoms with van der Waals surface area (Å²) in [4.78, 5) is 24.4. The van der Waals surface area contributed by atoms with Crippen molar-refractivity contribution in [1.29, 1.82) is 0 Å². The van der Waals surface area contributed by atoms with Crippen molar-refractivity contribution in [1.82, 2.24) is 4.90 Å². The highest BCUT2D eigenvalue weighted by molar-refractivity contribution is 5.96. The minimum absolute atomic E-state index is 0.211. The van der Waals surface area contributed by atoms with Gasteiger partial charge in [0.05, 0.1) is 0 Å². The molecular weight excluding hydrogens is 210 g/mol. The third-order valence-corrected chi connectivity index (χ3v) is 3.03. The molecule has 1 saturated carbocycles. The van der Waals surface area contributed by atoms with Gasteiger partial charge < -0.3 is 9.84 Å². The highest BCUT2D eigenvalue weighted by atomic mass is 16.6. The summed E-state index contributed by atoms with van der Waals surface area (Å²) in [6.45, 7) is 5.19. The zero-order valence-electron chi connectivity index (χ0n) is 9.82. The third-order valence-electron chi connectivity index (χ3n) is 3.03. The number of hydrogen-bond acceptors (Lipinski definition) is 4.